The van der Waals surface area contributed by atoms with Crippen LogP contribution >= 0.6 is 11.3 Å². The van der Waals surface area contributed by atoms with Crippen molar-refractivity contribution >= 4 is 26.3 Å². The van der Waals surface area contributed by atoms with Gasteiger partial charge >= 0.3 is 0 Å². The Morgan fingerprint density at radius 3 is 2.95 bits per heavy atom. The van der Waals surface area contributed by atoms with E-state index in [1.807, 2.05) is 0 Å². The number of nitrogens with one attached hydrogen (secondary N) is 1. The van der Waals surface area contributed by atoms with Crippen molar-refractivity contribution in [3.05, 3.63) is 5.01 Å². The normalized spacial score (nSPS) is 20.1. The minimum atomic E-state index is -2.84. The summed E-state index contributed by atoms with van der Waals surface area (Å²) in [7, 11) is -2.84. The van der Waals surface area contributed by atoms with Crippen molar-refractivity contribution in [2.24, 2.45) is 0 Å². The molecule has 0 radical (unpaired) electrons. The number of hydrogen-bond donors (Lipinski definition) is 1. The van der Waals surface area contributed by atoms with Gasteiger partial charge in [-0.15, -0.1) is 10.2 Å². The molecule has 0 spiro atoms. The third-order valence-corrected chi connectivity index (χ3v) is 5.58. The molecular weight excluding hydrogens is 284 g/mol. The lowest BCUT2D eigenvalue weighted by atomic mass is 10.4. The second kappa shape index (κ2) is 6.62. The molecule has 0 atom stereocenters. The average Bonchev–Trinajstić information content (AvgIpc) is 2.73. The van der Waals surface area contributed by atoms with Gasteiger partial charge in [0.05, 0.1) is 18.1 Å². The van der Waals surface area contributed by atoms with Gasteiger partial charge in [-0.3, -0.25) is 4.90 Å². The number of aromatic nitrogens is 2. The van der Waals surface area contributed by atoms with Crippen molar-refractivity contribution in [3.63, 3.8) is 0 Å². The van der Waals surface area contributed by atoms with E-state index in [0.717, 1.165) is 29.6 Å². The predicted molar refractivity (Wildman–Crippen MR) is 77.2 cm³/mol. The molecule has 1 saturated heterocycles. The molecule has 19 heavy (non-hydrogen) atoms. The van der Waals surface area contributed by atoms with Crippen LogP contribution in [0.4, 0.5) is 5.13 Å². The molecule has 0 unspecified atom stereocenters. The van der Waals surface area contributed by atoms with Gasteiger partial charge in [0.1, 0.15) is 5.01 Å². The molecule has 1 fully saturated rings. The topological polar surface area (TPSA) is 75.2 Å². The van der Waals surface area contributed by atoms with Crippen LogP contribution in [-0.4, -0.2) is 54.7 Å². The third kappa shape index (κ3) is 4.70. The molecule has 2 heterocycles. The molecule has 1 N–H and O–H groups in total. The molecule has 0 aliphatic carbocycles. The number of anilines is 1. The zero-order valence-electron chi connectivity index (χ0n) is 11.1. The molecule has 1 aliphatic heterocycles. The molecule has 1 aromatic heterocycles. The van der Waals surface area contributed by atoms with Crippen LogP contribution in [0.25, 0.3) is 0 Å². The van der Waals surface area contributed by atoms with Gasteiger partial charge in [-0.1, -0.05) is 18.3 Å². The molecule has 1 aromatic rings. The van der Waals surface area contributed by atoms with Crippen molar-refractivity contribution in [2.75, 3.05) is 36.5 Å². The van der Waals surface area contributed by atoms with E-state index in [-0.39, 0.29) is 5.75 Å². The maximum absolute atomic E-state index is 11.5. The molecule has 0 saturated carbocycles. The summed E-state index contributed by atoms with van der Waals surface area (Å²) in [5.74, 6) is 0.565. The summed E-state index contributed by atoms with van der Waals surface area (Å²) < 4.78 is 23.1. The van der Waals surface area contributed by atoms with E-state index in [0.29, 0.717) is 25.3 Å². The molecule has 0 aromatic carbocycles. The Kier molecular flexibility index (Phi) is 5.12. The number of rotatable bonds is 5. The second-order valence-corrected chi connectivity index (χ2v) is 8.07. The van der Waals surface area contributed by atoms with Crippen LogP contribution in [0.1, 0.15) is 24.8 Å². The van der Waals surface area contributed by atoms with Crippen molar-refractivity contribution in [1.82, 2.24) is 15.1 Å². The fourth-order valence-corrected chi connectivity index (χ4v) is 4.08. The van der Waals surface area contributed by atoms with Crippen LogP contribution in [0.2, 0.25) is 0 Å². The zero-order valence-corrected chi connectivity index (χ0v) is 12.8. The Morgan fingerprint density at radius 2 is 2.16 bits per heavy atom. The van der Waals surface area contributed by atoms with E-state index in [1.54, 1.807) is 11.3 Å². The Balaban J connectivity index is 1.88. The third-order valence-electron chi connectivity index (χ3n) is 3.00. The summed E-state index contributed by atoms with van der Waals surface area (Å²) in [5, 5.41) is 13.2. The fourth-order valence-electron chi connectivity index (χ4n) is 1.96. The lowest BCUT2D eigenvalue weighted by molar-refractivity contribution is 0.286. The van der Waals surface area contributed by atoms with Gasteiger partial charge in [-0.2, -0.15) is 0 Å². The van der Waals surface area contributed by atoms with E-state index < -0.39 is 9.84 Å². The highest BCUT2D eigenvalue weighted by atomic mass is 32.2. The van der Waals surface area contributed by atoms with E-state index in [2.05, 4.69) is 27.3 Å². The standard InChI is InChI=1S/C11H20N4O2S2/c1-2-4-12-11-14-13-10(18-11)9-15-5-3-7-19(16,17)8-6-15/h2-9H2,1H3,(H,12,14). The monoisotopic (exact) mass is 304 g/mol. The second-order valence-electron chi connectivity index (χ2n) is 4.71. The van der Waals surface area contributed by atoms with Gasteiger partial charge in [0.15, 0.2) is 9.84 Å². The summed E-state index contributed by atoms with van der Waals surface area (Å²) in [6.45, 7) is 5.11. The van der Waals surface area contributed by atoms with Crippen molar-refractivity contribution < 1.29 is 8.42 Å². The quantitative estimate of drug-likeness (QED) is 0.874. The first-order valence-corrected chi connectivity index (χ1v) is 9.22. The molecule has 8 heteroatoms. The first-order chi connectivity index (χ1) is 9.09. The minimum Gasteiger partial charge on any atom is -0.360 e. The largest absolute Gasteiger partial charge is 0.360 e. The smallest absolute Gasteiger partial charge is 0.205 e. The molecule has 0 bridgehead atoms. The summed E-state index contributed by atoms with van der Waals surface area (Å²) in [6, 6.07) is 0. The van der Waals surface area contributed by atoms with Crippen LogP contribution in [0.5, 0.6) is 0 Å². The first-order valence-electron chi connectivity index (χ1n) is 6.58. The Hall–Kier alpha value is -0.730. The Morgan fingerprint density at radius 1 is 1.32 bits per heavy atom. The first kappa shape index (κ1) is 14.7. The molecule has 0 amide bonds. The Labute approximate surface area is 118 Å². The summed E-state index contributed by atoms with van der Waals surface area (Å²) >= 11 is 1.55. The van der Waals surface area contributed by atoms with Gasteiger partial charge in [0.25, 0.3) is 0 Å². The SMILES string of the molecule is CCCNc1nnc(CN2CCCS(=O)(=O)CC2)s1. The summed E-state index contributed by atoms with van der Waals surface area (Å²) in [6.07, 6.45) is 1.76. The fraction of sp³-hybridized carbons (Fsp3) is 0.818. The summed E-state index contributed by atoms with van der Waals surface area (Å²) in [5.41, 5.74) is 0. The van der Waals surface area contributed by atoms with E-state index in [9.17, 15) is 8.42 Å². The average molecular weight is 304 g/mol. The highest BCUT2D eigenvalue weighted by Gasteiger charge is 2.20. The number of sulfone groups is 1. The highest BCUT2D eigenvalue weighted by molar-refractivity contribution is 7.91. The molecule has 6 nitrogen and oxygen atoms in total. The van der Waals surface area contributed by atoms with Gasteiger partial charge in [0.2, 0.25) is 5.13 Å². The van der Waals surface area contributed by atoms with Gasteiger partial charge in [0, 0.05) is 13.1 Å². The van der Waals surface area contributed by atoms with Gasteiger partial charge in [-0.25, -0.2) is 8.42 Å². The van der Waals surface area contributed by atoms with Crippen LogP contribution in [0, 0.1) is 0 Å². The van der Waals surface area contributed by atoms with Crippen molar-refractivity contribution in [3.8, 4) is 0 Å². The van der Waals surface area contributed by atoms with E-state index in [4.69, 9.17) is 0 Å². The zero-order chi connectivity index (χ0) is 13.7. The molecule has 108 valence electrons. The maximum atomic E-state index is 11.5. The van der Waals surface area contributed by atoms with Crippen LogP contribution in [0.15, 0.2) is 0 Å². The van der Waals surface area contributed by atoms with Crippen LogP contribution in [0.3, 0.4) is 0 Å². The maximum Gasteiger partial charge on any atom is 0.205 e. The van der Waals surface area contributed by atoms with Crippen LogP contribution < -0.4 is 5.32 Å². The molecule has 2 rings (SSSR count). The molecular formula is C11H20N4O2S2. The van der Waals surface area contributed by atoms with Gasteiger partial charge < -0.3 is 5.32 Å². The lowest BCUT2D eigenvalue weighted by Gasteiger charge is -2.16. The van der Waals surface area contributed by atoms with Gasteiger partial charge in [-0.05, 0) is 19.4 Å². The molecule has 1 aliphatic rings. The highest BCUT2D eigenvalue weighted by Crippen LogP contribution is 2.17. The minimum absolute atomic E-state index is 0.257. The number of hydrogen-bond acceptors (Lipinski definition) is 7. The summed E-state index contributed by atoms with van der Waals surface area (Å²) in [4.78, 5) is 2.15. The van der Waals surface area contributed by atoms with E-state index in [1.165, 1.54) is 0 Å². The predicted octanol–water partition coefficient (Wildman–Crippen LogP) is 0.980. The number of nitrogens with zero attached hydrogens (tertiary/aromatic N) is 3. The van der Waals surface area contributed by atoms with Crippen LogP contribution in [-0.2, 0) is 16.4 Å². The van der Waals surface area contributed by atoms with E-state index >= 15 is 0 Å². The van der Waals surface area contributed by atoms with Crippen molar-refractivity contribution in [1.29, 1.82) is 0 Å². The lowest BCUT2D eigenvalue weighted by Crippen LogP contribution is -2.26. The van der Waals surface area contributed by atoms with Crippen molar-refractivity contribution in [2.45, 2.75) is 26.3 Å². The Bertz CT molecular complexity index is 501.